The van der Waals surface area contributed by atoms with E-state index in [1.54, 1.807) is 36.7 Å². The molecule has 5 aromatic rings. The number of amides is 3. The smallest absolute Gasteiger partial charge is 0.334 e. The lowest BCUT2D eigenvalue weighted by Crippen LogP contribution is -2.28. The van der Waals surface area contributed by atoms with Crippen LogP contribution in [0.15, 0.2) is 96.6 Å². The lowest BCUT2D eigenvalue weighted by Gasteiger charge is -2.12. The zero-order valence-electron chi connectivity index (χ0n) is 22.7. The molecule has 0 saturated heterocycles. The number of rotatable bonds is 8. The highest BCUT2D eigenvalue weighted by Gasteiger charge is 2.30. The van der Waals surface area contributed by atoms with Gasteiger partial charge in [-0.05, 0) is 78.7 Å². The second-order valence-electron chi connectivity index (χ2n) is 9.47. The van der Waals surface area contributed by atoms with Gasteiger partial charge in [-0.2, -0.15) is 13.2 Å². The van der Waals surface area contributed by atoms with Crippen molar-refractivity contribution in [2.45, 2.75) is 19.6 Å². The van der Waals surface area contributed by atoms with Crippen LogP contribution in [0, 0.1) is 6.92 Å². The van der Waals surface area contributed by atoms with Crippen LogP contribution in [0.4, 0.5) is 40.2 Å². The highest BCUT2D eigenvalue weighted by molar-refractivity contribution is 7.14. The van der Waals surface area contributed by atoms with Gasteiger partial charge in [-0.25, -0.2) is 9.78 Å². The van der Waals surface area contributed by atoms with E-state index in [9.17, 15) is 22.8 Å². The van der Waals surface area contributed by atoms with Gasteiger partial charge in [0.1, 0.15) is 0 Å². The maximum Gasteiger partial charge on any atom is 0.416 e. The van der Waals surface area contributed by atoms with E-state index in [-0.39, 0.29) is 18.1 Å². The van der Waals surface area contributed by atoms with Crippen molar-refractivity contribution in [1.82, 2.24) is 15.3 Å². The van der Waals surface area contributed by atoms with Crippen molar-refractivity contribution in [3.63, 3.8) is 0 Å². The number of pyridine rings is 1. The van der Waals surface area contributed by atoms with Gasteiger partial charge in [0.25, 0.3) is 5.91 Å². The predicted octanol–water partition coefficient (Wildman–Crippen LogP) is 7.85. The first kappa shape index (κ1) is 29.3. The number of benzene rings is 3. The average Bonchev–Trinajstić information content (AvgIpc) is 3.47. The molecule has 0 aliphatic heterocycles. The molecule has 4 N–H and O–H groups in total. The summed E-state index contributed by atoms with van der Waals surface area (Å²) in [5.41, 5.74) is 4.73. The van der Waals surface area contributed by atoms with Crippen LogP contribution in [0.2, 0.25) is 0 Å². The third-order valence-electron chi connectivity index (χ3n) is 6.34. The van der Waals surface area contributed by atoms with Gasteiger partial charge in [-0.15, -0.1) is 11.3 Å². The minimum atomic E-state index is -4.45. The number of aromatic nitrogens is 2. The van der Waals surface area contributed by atoms with Crippen molar-refractivity contribution >= 4 is 45.5 Å². The minimum absolute atomic E-state index is 0.153. The molecule has 218 valence electrons. The Morgan fingerprint density at radius 3 is 2.35 bits per heavy atom. The van der Waals surface area contributed by atoms with E-state index in [1.807, 2.05) is 42.6 Å². The largest absolute Gasteiger partial charge is 0.416 e. The first-order valence-corrected chi connectivity index (χ1v) is 13.9. The van der Waals surface area contributed by atoms with E-state index >= 15 is 0 Å². The first-order chi connectivity index (χ1) is 20.6. The van der Waals surface area contributed by atoms with Crippen molar-refractivity contribution in [3.05, 3.63) is 119 Å². The maximum absolute atomic E-state index is 12.9. The number of nitrogens with one attached hydrogen (secondary N) is 4. The molecule has 0 bridgehead atoms. The van der Waals surface area contributed by atoms with Gasteiger partial charge in [-0.3, -0.25) is 9.78 Å². The molecule has 3 aromatic carbocycles. The van der Waals surface area contributed by atoms with Gasteiger partial charge in [0.2, 0.25) is 0 Å². The predicted molar refractivity (Wildman–Crippen MR) is 162 cm³/mol. The van der Waals surface area contributed by atoms with E-state index in [0.29, 0.717) is 16.4 Å². The molecular formula is C31H25F3N6O2S. The molecule has 3 amide bonds. The van der Waals surface area contributed by atoms with Crippen LogP contribution in [-0.4, -0.2) is 21.9 Å². The van der Waals surface area contributed by atoms with Crippen LogP contribution in [0.1, 0.15) is 27.0 Å². The van der Waals surface area contributed by atoms with Crippen LogP contribution in [-0.2, 0) is 12.7 Å². The highest BCUT2D eigenvalue weighted by atomic mass is 32.1. The van der Waals surface area contributed by atoms with Crippen molar-refractivity contribution < 1.29 is 22.8 Å². The summed E-state index contributed by atoms with van der Waals surface area (Å²) in [6.07, 6.45) is -0.978. The molecule has 2 aromatic heterocycles. The van der Waals surface area contributed by atoms with Crippen LogP contribution in [0.25, 0.3) is 11.3 Å². The third kappa shape index (κ3) is 7.74. The lowest BCUT2D eigenvalue weighted by atomic mass is 10.1. The Labute approximate surface area is 249 Å². The van der Waals surface area contributed by atoms with Gasteiger partial charge in [-0.1, -0.05) is 18.2 Å². The molecule has 2 heterocycles. The number of carbonyl (C=O) groups excluding carboxylic acids is 2. The zero-order valence-corrected chi connectivity index (χ0v) is 23.5. The number of thiazole rings is 1. The van der Waals surface area contributed by atoms with Crippen LogP contribution < -0.4 is 21.3 Å². The van der Waals surface area contributed by atoms with Crippen LogP contribution in [0.3, 0.4) is 0 Å². The SMILES string of the molecule is Cc1ccc(NC(=O)c2ccc(CNC(=O)Nc3ccc(C(F)(F)F)cc3)cc2)cc1Nc1nc(-c2cccnc2)cs1. The van der Waals surface area contributed by atoms with Crippen LogP contribution >= 0.6 is 11.3 Å². The third-order valence-corrected chi connectivity index (χ3v) is 7.10. The van der Waals surface area contributed by atoms with E-state index in [4.69, 9.17) is 0 Å². The van der Waals surface area contributed by atoms with Gasteiger partial charge in [0.05, 0.1) is 11.3 Å². The molecule has 0 aliphatic carbocycles. The van der Waals surface area contributed by atoms with E-state index < -0.39 is 17.8 Å². The summed E-state index contributed by atoms with van der Waals surface area (Å²) in [5, 5.41) is 14.0. The number of halogens is 3. The Kier molecular flexibility index (Phi) is 8.67. The minimum Gasteiger partial charge on any atom is -0.334 e. The summed E-state index contributed by atoms with van der Waals surface area (Å²) in [6, 6.07) is 19.6. The second kappa shape index (κ2) is 12.7. The molecule has 0 aliphatic rings. The molecule has 0 saturated carbocycles. The van der Waals surface area contributed by atoms with Crippen molar-refractivity contribution in [3.8, 4) is 11.3 Å². The average molecular weight is 603 g/mol. The molecule has 0 atom stereocenters. The maximum atomic E-state index is 12.9. The second-order valence-corrected chi connectivity index (χ2v) is 10.3. The molecule has 43 heavy (non-hydrogen) atoms. The number of hydrogen-bond donors (Lipinski definition) is 4. The summed E-state index contributed by atoms with van der Waals surface area (Å²) in [7, 11) is 0. The van der Waals surface area contributed by atoms with E-state index in [0.717, 1.165) is 40.2 Å². The normalized spacial score (nSPS) is 11.1. The fraction of sp³-hybridized carbons (Fsp3) is 0.0968. The standard InChI is InChI=1S/C31H25F3N6O2S/c1-19-4-11-25(15-26(19)39-30-40-27(18-43-30)22-3-2-14-35-17-22)37-28(41)21-7-5-20(6-8-21)16-36-29(42)38-24-12-9-23(10-13-24)31(32,33)34/h2-15,17-18H,16H2,1H3,(H,37,41)(H,39,40)(H2,36,38,42). The fourth-order valence-electron chi connectivity index (χ4n) is 4.01. The molecule has 0 fully saturated rings. The molecule has 8 nitrogen and oxygen atoms in total. The topological polar surface area (TPSA) is 108 Å². The number of urea groups is 1. The summed E-state index contributed by atoms with van der Waals surface area (Å²) < 4.78 is 38.1. The number of nitrogens with zero attached hydrogens (tertiary/aromatic N) is 2. The Morgan fingerprint density at radius 1 is 0.907 bits per heavy atom. The number of aryl methyl sites for hydroxylation is 1. The van der Waals surface area contributed by atoms with Gasteiger partial charge >= 0.3 is 12.2 Å². The molecule has 5 rings (SSSR count). The number of anilines is 4. The monoisotopic (exact) mass is 602 g/mol. The Hall–Kier alpha value is -5.23. The fourth-order valence-corrected chi connectivity index (χ4v) is 4.74. The van der Waals surface area contributed by atoms with Crippen molar-refractivity contribution in [2.24, 2.45) is 0 Å². The molecule has 0 radical (unpaired) electrons. The van der Waals surface area contributed by atoms with Crippen LogP contribution in [0.5, 0.6) is 0 Å². The number of carbonyl (C=O) groups is 2. The van der Waals surface area contributed by atoms with Gasteiger partial charge < -0.3 is 21.3 Å². The summed E-state index contributed by atoms with van der Waals surface area (Å²) in [4.78, 5) is 33.8. The quantitative estimate of drug-likeness (QED) is 0.145. The Balaban J connectivity index is 1.14. The van der Waals surface area contributed by atoms with Gasteiger partial charge in [0.15, 0.2) is 5.13 Å². The first-order valence-electron chi connectivity index (χ1n) is 13.0. The van der Waals surface area contributed by atoms with Crippen molar-refractivity contribution in [2.75, 3.05) is 16.0 Å². The molecule has 0 unspecified atom stereocenters. The van der Waals surface area contributed by atoms with E-state index in [1.165, 1.54) is 23.5 Å². The molecular weight excluding hydrogens is 577 g/mol. The summed E-state index contributed by atoms with van der Waals surface area (Å²) in [5.74, 6) is -0.303. The zero-order chi connectivity index (χ0) is 30.4. The number of alkyl halides is 3. The Morgan fingerprint density at radius 2 is 1.65 bits per heavy atom. The summed E-state index contributed by atoms with van der Waals surface area (Å²) >= 11 is 1.47. The summed E-state index contributed by atoms with van der Waals surface area (Å²) in [6.45, 7) is 2.11. The Bertz CT molecular complexity index is 1720. The lowest BCUT2D eigenvalue weighted by molar-refractivity contribution is -0.137. The van der Waals surface area contributed by atoms with Gasteiger partial charge in [0, 0.05) is 52.5 Å². The molecule has 12 heteroatoms. The molecule has 0 spiro atoms. The highest BCUT2D eigenvalue weighted by Crippen LogP contribution is 2.31. The number of hydrogen-bond acceptors (Lipinski definition) is 6. The van der Waals surface area contributed by atoms with E-state index in [2.05, 4.69) is 31.2 Å². The van der Waals surface area contributed by atoms with Crippen molar-refractivity contribution in [1.29, 1.82) is 0 Å².